The average Bonchev–Trinajstić information content (AvgIpc) is 3.06. The highest BCUT2D eigenvalue weighted by Gasteiger charge is 2.10. The molecule has 0 aliphatic heterocycles. The minimum atomic E-state index is -2.91. The van der Waals surface area contributed by atoms with Crippen molar-refractivity contribution in [2.45, 2.75) is 6.61 Å². The van der Waals surface area contributed by atoms with Crippen LogP contribution in [0, 0.1) is 11.3 Å². The Hall–Kier alpha value is -3.25. The van der Waals surface area contributed by atoms with Crippen LogP contribution in [0.1, 0.15) is 11.1 Å². The number of halogens is 2. The number of ether oxygens (including phenoxy) is 2. The molecule has 0 spiro atoms. The lowest BCUT2D eigenvalue weighted by Crippen LogP contribution is -2.19. The highest BCUT2D eigenvalue weighted by atomic mass is 32.1. The first-order valence-corrected chi connectivity index (χ1v) is 8.03. The number of nitrogens with one attached hydrogen (secondary N) is 1. The number of benzene rings is 1. The molecule has 0 bridgehead atoms. The molecule has 0 unspecified atom stereocenters. The number of carbonyl (C=O) groups is 2. The van der Waals surface area contributed by atoms with Crippen LogP contribution < -0.4 is 10.1 Å². The van der Waals surface area contributed by atoms with Crippen molar-refractivity contribution in [1.82, 2.24) is 0 Å². The van der Waals surface area contributed by atoms with Gasteiger partial charge in [-0.2, -0.15) is 14.0 Å². The van der Waals surface area contributed by atoms with Crippen LogP contribution in [0.2, 0.25) is 0 Å². The van der Waals surface area contributed by atoms with Crippen LogP contribution in [0.5, 0.6) is 5.75 Å². The number of hydrogen-bond donors (Lipinski definition) is 1. The molecule has 26 heavy (non-hydrogen) atoms. The standard InChI is InChI=1S/C17H12F2N2O4S/c18-17(19)25-13-4-1-11(2-5-13)3-6-15(23)24-10-14(22)21-16-12(9-20)7-8-26-16/h1-8,17H,10H2,(H,21,22)/b6-3+. The molecule has 1 heterocycles. The lowest BCUT2D eigenvalue weighted by molar-refractivity contribution is -0.142. The molecule has 0 atom stereocenters. The van der Waals surface area contributed by atoms with Gasteiger partial charge in [-0.05, 0) is 35.2 Å². The van der Waals surface area contributed by atoms with Gasteiger partial charge in [-0.3, -0.25) is 4.79 Å². The fraction of sp³-hybridized carbons (Fsp3) is 0.118. The summed E-state index contributed by atoms with van der Waals surface area (Å²) in [5.74, 6) is -1.32. The van der Waals surface area contributed by atoms with Crippen LogP contribution in [-0.4, -0.2) is 25.1 Å². The van der Waals surface area contributed by atoms with Crippen molar-refractivity contribution in [3.63, 3.8) is 0 Å². The van der Waals surface area contributed by atoms with E-state index in [0.717, 1.165) is 6.08 Å². The van der Waals surface area contributed by atoms with Crippen LogP contribution in [0.3, 0.4) is 0 Å². The Morgan fingerprint density at radius 3 is 2.65 bits per heavy atom. The molecule has 1 amide bonds. The van der Waals surface area contributed by atoms with Crippen LogP contribution >= 0.6 is 11.3 Å². The number of esters is 1. The van der Waals surface area contributed by atoms with E-state index in [4.69, 9.17) is 10.00 Å². The second-order valence-corrected chi connectivity index (χ2v) is 5.63. The van der Waals surface area contributed by atoms with Crippen molar-refractivity contribution in [1.29, 1.82) is 5.26 Å². The summed E-state index contributed by atoms with van der Waals surface area (Å²) in [5.41, 5.74) is 0.888. The molecule has 1 aromatic carbocycles. The molecule has 134 valence electrons. The van der Waals surface area contributed by atoms with Gasteiger partial charge in [0, 0.05) is 6.08 Å². The van der Waals surface area contributed by atoms with Crippen molar-refractivity contribution in [3.05, 3.63) is 52.9 Å². The van der Waals surface area contributed by atoms with Crippen molar-refractivity contribution in [2.75, 3.05) is 11.9 Å². The average molecular weight is 378 g/mol. The van der Waals surface area contributed by atoms with E-state index in [1.54, 1.807) is 11.4 Å². The van der Waals surface area contributed by atoms with Gasteiger partial charge < -0.3 is 14.8 Å². The van der Waals surface area contributed by atoms with Gasteiger partial charge in [0.15, 0.2) is 6.61 Å². The first kappa shape index (κ1) is 19.1. The highest BCUT2D eigenvalue weighted by molar-refractivity contribution is 7.14. The minimum Gasteiger partial charge on any atom is -0.452 e. The van der Waals surface area contributed by atoms with E-state index in [1.807, 2.05) is 6.07 Å². The van der Waals surface area contributed by atoms with Crippen molar-refractivity contribution in [2.24, 2.45) is 0 Å². The number of hydrogen-bond acceptors (Lipinski definition) is 6. The number of nitrogens with zero attached hydrogens (tertiary/aromatic N) is 1. The summed E-state index contributed by atoms with van der Waals surface area (Å²) in [5, 5.41) is 13.4. The first-order chi connectivity index (χ1) is 12.5. The molecule has 2 aromatic rings. The van der Waals surface area contributed by atoms with Gasteiger partial charge in [-0.1, -0.05) is 12.1 Å². The van der Waals surface area contributed by atoms with Gasteiger partial charge in [0.2, 0.25) is 0 Å². The fourth-order valence-electron chi connectivity index (χ4n) is 1.77. The topological polar surface area (TPSA) is 88.4 Å². The molecule has 1 N–H and O–H groups in total. The molecule has 0 saturated carbocycles. The Kier molecular flexibility index (Phi) is 6.82. The maximum absolute atomic E-state index is 12.0. The Labute approximate surface area is 151 Å². The Bertz CT molecular complexity index is 841. The predicted octanol–water partition coefficient (Wildman–Crippen LogP) is 3.42. The number of alkyl halides is 2. The molecular weight excluding hydrogens is 366 g/mol. The molecule has 0 aliphatic rings. The van der Waals surface area contributed by atoms with Gasteiger partial charge in [0.1, 0.15) is 16.8 Å². The number of carbonyl (C=O) groups excluding carboxylic acids is 2. The third-order valence-electron chi connectivity index (χ3n) is 2.90. The van der Waals surface area contributed by atoms with E-state index in [2.05, 4.69) is 10.1 Å². The normalized spacial score (nSPS) is 10.5. The molecule has 0 radical (unpaired) electrons. The highest BCUT2D eigenvalue weighted by Crippen LogP contribution is 2.21. The fourth-order valence-corrected chi connectivity index (χ4v) is 2.52. The minimum absolute atomic E-state index is 0.00159. The smallest absolute Gasteiger partial charge is 0.387 e. The van der Waals surface area contributed by atoms with E-state index in [1.165, 1.54) is 41.7 Å². The second kappa shape index (κ2) is 9.29. The van der Waals surface area contributed by atoms with Crippen molar-refractivity contribution < 1.29 is 27.8 Å². The second-order valence-electron chi connectivity index (χ2n) is 4.71. The lowest BCUT2D eigenvalue weighted by Gasteiger charge is -2.04. The molecule has 1 aromatic heterocycles. The van der Waals surface area contributed by atoms with E-state index in [-0.39, 0.29) is 5.75 Å². The molecule has 0 saturated heterocycles. The maximum atomic E-state index is 12.0. The molecule has 6 nitrogen and oxygen atoms in total. The summed E-state index contributed by atoms with van der Waals surface area (Å²) in [6, 6.07) is 9.11. The number of anilines is 1. The Morgan fingerprint density at radius 2 is 2.00 bits per heavy atom. The monoisotopic (exact) mass is 378 g/mol. The number of rotatable bonds is 7. The third kappa shape index (κ3) is 5.99. The number of thiophene rings is 1. The lowest BCUT2D eigenvalue weighted by atomic mass is 10.2. The van der Waals surface area contributed by atoms with Crippen LogP contribution in [0.25, 0.3) is 6.08 Å². The first-order valence-electron chi connectivity index (χ1n) is 7.15. The van der Waals surface area contributed by atoms with E-state index in [9.17, 15) is 18.4 Å². The van der Waals surface area contributed by atoms with Crippen molar-refractivity contribution >= 4 is 34.3 Å². The summed E-state index contributed by atoms with van der Waals surface area (Å²) >= 11 is 1.18. The van der Waals surface area contributed by atoms with Gasteiger partial charge in [0.05, 0.1) is 5.56 Å². The Morgan fingerprint density at radius 1 is 1.27 bits per heavy atom. The molecule has 9 heteroatoms. The largest absolute Gasteiger partial charge is 0.452 e. The van der Waals surface area contributed by atoms with Gasteiger partial charge in [0.25, 0.3) is 5.91 Å². The summed E-state index contributed by atoms with van der Waals surface area (Å²) in [6.45, 7) is -3.41. The van der Waals surface area contributed by atoms with Gasteiger partial charge >= 0.3 is 12.6 Å². The van der Waals surface area contributed by atoms with Crippen molar-refractivity contribution in [3.8, 4) is 11.8 Å². The molecule has 2 rings (SSSR count). The van der Waals surface area contributed by atoms with E-state index in [0.29, 0.717) is 16.1 Å². The third-order valence-corrected chi connectivity index (χ3v) is 3.73. The van der Waals surface area contributed by atoms with Gasteiger partial charge in [-0.25, -0.2) is 4.79 Å². The quantitative estimate of drug-likeness (QED) is 0.589. The zero-order chi connectivity index (χ0) is 18.9. The number of nitriles is 1. The molecule has 0 fully saturated rings. The van der Waals surface area contributed by atoms with E-state index < -0.39 is 25.1 Å². The van der Waals surface area contributed by atoms with E-state index >= 15 is 0 Å². The Balaban J connectivity index is 1.80. The molecule has 0 aliphatic carbocycles. The zero-order valence-electron chi connectivity index (χ0n) is 13.1. The van der Waals surface area contributed by atoms with Crippen LogP contribution in [-0.2, 0) is 14.3 Å². The zero-order valence-corrected chi connectivity index (χ0v) is 14.0. The summed E-state index contributed by atoms with van der Waals surface area (Å²) in [7, 11) is 0. The van der Waals surface area contributed by atoms with Crippen LogP contribution in [0.4, 0.5) is 13.8 Å². The maximum Gasteiger partial charge on any atom is 0.387 e. The summed E-state index contributed by atoms with van der Waals surface area (Å²) < 4.78 is 33.1. The van der Waals surface area contributed by atoms with Gasteiger partial charge in [-0.15, -0.1) is 11.3 Å². The summed E-state index contributed by atoms with van der Waals surface area (Å²) in [4.78, 5) is 23.3. The SMILES string of the molecule is N#Cc1ccsc1NC(=O)COC(=O)/C=C/c1ccc(OC(F)F)cc1. The van der Waals surface area contributed by atoms with Crippen LogP contribution in [0.15, 0.2) is 41.8 Å². The molecular formula is C17H12F2N2O4S. The number of amides is 1. The predicted molar refractivity (Wildman–Crippen MR) is 90.7 cm³/mol. The summed E-state index contributed by atoms with van der Waals surface area (Å²) in [6.07, 6.45) is 2.50.